The molecule has 86 valence electrons. The van der Waals surface area contributed by atoms with Crippen LogP contribution in [0.15, 0.2) is 15.9 Å². The van der Waals surface area contributed by atoms with E-state index in [0.29, 0.717) is 11.8 Å². The van der Waals surface area contributed by atoms with Crippen LogP contribution in [-0.2, 0) is 6.54 Å². The van der Waals surface area contributed by atoms with Crippen LogP contribution in [0.25, 0.3) is 0 Å². The summed E-state index contributed by atoms with van der Waals surface area (Å²) < 4.78 is 1.15. The molecule has 0 spiro atoms. The quantitative estimate of drug-likeness (QED) is 0.845. The lowest BCUT2D eigenvalue weighted by Crippen LogP contribution is -2.28. The first-order chi connectivity index (χ1) is 7.13. The second-order valence-corrected chi connectivity index (χ2v) is 5.96. The molecule has 0 aliphatic carbocycles. The zero-order chi connectivity index (χ0) is 11.3. The molecular formula is C11H18BrNOS. The number of aliphatic hydroxyl groups excluding tert-OH is 1. The summed E-state index contributed by atoms with van der Waals surface area (Å²) in [6.45, 7) is 6.32. The van der Waals surface area contributed by atoms with Gasteiger partial charge in [-0.1, -0.05) is 13.8 Å². The van der Waals surface area contributed by atoms with Crippen LogP contribution in [0.4, 0.5) is 0 Å². The van der Waals surface area contributed by atoms with Crippen LogP contribution in [0.1, 0.15) is 18.7 Å². The van der Waals surface area contributed by atoms with Crippen LogP contribution in [0.2, 0.25) is 0 Å². The molecule has 1 atom stereocenters. The van der Waals surface area contributed by atoms with Gasteiger partial charge in [0.25, 0.3) is 0 Å². The number of rotatable bonds is 6. The summed E-state index contributed by atoms with van der Waals surface area (Å²) in [6.07, 6.45) is 0. The molecule has 2 nitrogen and oxygen atoms in total. The van der Waals surface area contributed by atoms with E-state index in [1.165, 1.54) is 4.88 Å². The summed E-state index contributed by atoms with van der Waals surface area (Å²) in [7, 11) is 0. The molecule has 1 unspecified atom stereocenters. The molecule has 1 aromatic rings. The SMILES string of the molecule is CC(C)C(CO)CNCc1cc(Br)cs1. The van der Waals surface area contributed by atoms with Gasteiger partial charge in [0, 0.05) is 34.4 Å². The van der Waals surface area contributed by atoms with Crippen molar-refractivity contribution in [1.29, 1.82) is 0 Å². The minimum Gasteiger partial charge on any atom is -0.396 e. The van der Waals surface area contributed by atoms with Crippen molar-refractivity contribution in [3.63, 3.8) is 0 Å². The molecule has 1 aromatic heterocycles. The van der Waals surface area contributed by atoms with E-state index in [-0.39, 0.29) is 6.61 Å². The molecule has 15 heavy (non-hydrogen) atoms. The van der Waals surface area contributed by atoms with E-state index in [2.05, 4.69) is 46.5 Å². The molecule has 0 radical (unpaired) electrons. The van der Waals surface area contributed by atoms with E-state index in [1.54, 1.807) is 11.3 Å². The Bertz CT molecular complexity index is 288. The molecule has 0 bridgehead atoms. The lowest BCUT2D eigenvalue weighted by molar-refractivity contribution is 0.186. The molecule has 0 saturated heterocycles. The molecule has 0 amide bonds. The van der Waals surface area contributed by atoms with Crippen molar-refractivity contribution < 1.29 is 5.11 Å². The van der Waals surface area contributed by atoms with Crippen molar-refractivity contribution >= 4 is 27.3 Å². The van der Waals surface area contributed by atoms with Gasteiger partial charge in [-0.2, -0.15) is 0 Å². The van der Waals surface area contributed by atoms with Crippen LogP contribution in [0.3, 0.4) is 0 Å². The fourth-order valence-corrected chi connectivity index (χ4v) is 2.76. The van der Waals surface area contributed by atoms with Crippen LogP contribution < -0.4 is 5.32 Å². The van der Waals surface area contributed by atoms with E-state index < -0.39 is 0 Å². The summed E-state index contributed by atoms with van der Waals surface area (Å²) in [4.78, 5) is 1.32. The first-order valence-electron chi connectivity index (χ1n) is 5.18. The first kappa shape index (κ1) is 13.2. The van der Waals surface area contributed by atoms with Gasteiger partial charge in [-0.15, -0.1) is 11.3 Å². The summed E-state index contributed by atoms with van der Waals surface area (Å²) in [6, 6.07) is 2.13. The molecule has 0 aliphatic rings. The maximum Gasteiger partial charge on any atom is 0.0473 e. The normalized spacial score (nSPS) is 13.4. The molecule has 0 aromatic carbocycles. The summed E-state index contributed by atoms with van der Waals surface area (Å²) in [5.41, 5.74) is 0. The summed E-state index contributed by atoms with van der Waals surface area (Å²) in [5, 5.41) is 14.6. The third-order valence-corrected chi connectivity index (χ3v) is 4.20. The topological polar surface area (TPSA) is 32.3 Å². The Balaban J connectivity index is 2.26. The minimum atomic E-state index is 0.263. The predicted octanol–water partition coefficient (Wildman–Crippen LogP) is 2.86. The van der Waals surface area contributed by atoms with Gasteiger partial charge in [0.05, 0.1) is 0 Å². The van der Waals surface area contributed by atoms with Crippen molar-refractivity contribution in [1.82, 2.24) is 5.32 Å². The highest BCUT2D eigenvalue weighted by Crippen LogP contribution is 2.19. The highest BCUT2D eigenvalue weighted by molar-refractivity contribution is 9.10. The molecule has 0 saturated carbocycles. The van der Waals surface area contributed by atoms with Crippen LogP contribution in [0.5, 0.6) is 0 Å². The van der Waals surface area contributed by atoms with Gasteiger partial charge in [-0.25, -0.2) is 0 Å². The lowest BCUT2D eigenvalue weighted by atomic mass is 9.97. The van der Waals surface area contributed by atoms with E-state index in [0.717, 1.165) is 17.6 Å². The van der Waals surface area contributed by atoms with Gasteiger partial charge >= 0.3 is 0 Å². The highest BCUT2D eigenvalue weighted by Gasteiger charge is 2.11. The fraction of sp³-hybridized carbons (Fsp3) is 0.636. The molecule has 1 heterocycles. The molecule has 0 aliphatic heterocycles. The maximum atomic E-state index is 9.15. The second kappa shape index (κ2) is 6.63. The van der Waals surface area contributed by atoms with Crippen molar-refractivity contribution in [2.24, 2.45) is 11.8 Å². The third kappa shape index (κ3) is 4.64. The Hall–Kier alpha value is 0.1000. The van der Waals surface area contributed by atoms with Gasteiger partial charge in [0.2, 0.25) is 0 Å². The van der Waals surface area contributed by atoms with Gasteiger partial charge in [0.15, 0.2) is 0 Å². The zero-order valence-corrected chi connectivity index (χ0v) is 11.6. The second-order valence-electron chi connectivity index (χ2n) is 4.05. The van der Waals surface area contributed by atoms with E-state index in [1.807, 2.05) is 0 Å². The molecule has 1 rings (SSSR count). The first-order valence-corrected chi connectivity index (χ1v) is 6.85. The van der Waals surface area contributed by atoms with E-state index in [4.69, 9.17) is 5.11 Å². The Morgan fingerprint density at radius 2 is 2.27 bits per heavy atom. The van der Waals surface area contributed by atoms with Gasteiger partial charge in [0.1, 0.15) is 0 Å². The van der Waals surface area contributed by atoms with Gasteiger partial charge in [-0.3, -0.25) is 0 Å². The Labute approximate surface area is 104 Å². The van der Waals surface area contributed by atoms with Gasteiger partial charge < -0.3 is 10.4 Å². The summed E-state index contributed by atoms with van der Waals surface area (Å²) in [5.74, 6) is 0.881. The van der Waals surface area contributed by atoms with Crippen LogP contribution >= 0.6 is 27.3 Å². The van der Waals surface area contributed by atoms with Crippen molar-refractivity contribution in [2.75, 3.05) is 13.2 Å². The Morgan fingerprint density at radius 1 is 1.53 bits per heavy atom. The predicted molar refractivity (Wildman–Crippen MR) is 69.1 cm³/mol. The number of halogens is 1. The lowest BCUT2D eigenvalue weighted by Gasteiger charge is -2.18. The maximum absolute atomic E-state index is 9.15. The molecule has 4 heteroatoms. The fourth-order valence-electron chi connectivity index (χ4n) is 1.34. The third-order valence-electron chi connectivity index (χ3n) is 2.50. The van der Waals surface area contributed by atoms with Crippen molar-refractivity contribution in [3.8, 4) is 0 Å². The number of nitrogens with one attached hydrogen (secondary N) is 1. The largest absolute Gasteiger partial charge is 0.396 e. The average Bonchev–Trinajstić information content (AvgIpc) is 2.58. The monoisotopic (exact) mass is 291 g/mol. The zero-order valence-electron chi connectivity index (χ0n) is 9.16. The van der Waals surface area contributed by atoms with Crippen LogP contribution in [-0.4, -0.2) is 18.3 Å². The highest BCUT2D eigenvalue weighted by atomic mass is 79.9. The number of hydrogen-bond acceptors (Lipinski definition) is 3. The van der Waals surface area contributed by atoms with E-state index in [9.17, 15) is 0 Å². The Morgan fingerprint density at radius 3 is 2.73 bits per heavy atom. The van der Waals surface area contributed by atoms with E-state index >= 15 is 0 Å². The van der Waals surface area contributed by atoms with Gasteiger partial charge in [-0.05, 0) is 33.8 Å². The minimum absolute atomic E-state index is 0.263. The summed E-state index contributed by atoms with van der Waals surface area (Å²) >= 11 is 5.18. The van der Waals surface area contributed by atoms with Crippen LogP contribution in [0, 0.1) is 11.8 Å². The average molecular weight is 292 g/mol. The number of thiophene rings is 1. The smallest absolute Gasteiger partial charge is 0.0473 e. The van der Waals surface area contributed by atoms with Crippen molar-refractivity contribution in [2.45, 2.75) is 20.4 Å². The molecule has 2 N–H and O–H groups in total. The van der Waals surface area contributed by atoms with Crippen molar-refractivity contribution in [3.05, 3.63) is 20.8 Å². The standard InChI is InChI=1S/C11H18BrNOS/c1-8(2)9(6-14)4-13-5-11-3-10(12)7-15-11/h3,7-9,13-14H,4-6H2,1-2H3. The molecular weight excluding hydrogens is 274 g/mol. The molecule has 0 fully saturated rings. The Kier molecular flexibility index (Phi) is 5.82. The number of aliphatic hydroxyl groups is 1. The number of hydrogen-bond donors (Lipinski definition) is 2.